The van der Waals surface area contributed by atoms with Crippen molar-refractivity contribution in [3.05, 3.63) is 51.9 Å². The molecular formula is C14H14BrFN2. The molecule has 0 unspecified atom stereocenters. The maximum atomic E-state index is 13.2. The van der Waals surface area contributed by atoms with E-state index < -0.39 is 0 Å². The normalized spacial score (nSPS) is 10.5. The Labute approximate surface area is 115 Å². The summed E-state index contributed by atoms with van der Waals surface area (Å²) in [6, 6.07) is 8.93. The second-order valence-corrected chi connectivity index (χ2v) is 5.08. The minimum absolute atomic E-state index is 0.188. The van der Waals surface area contributed by atoms with Gasteiger partial charge in [0, 0.05) is 17.2 Å². The van der Waals surface area contributed by atoms with Crippen LogP contribution < -0.4 is 4.90 Å². The van der Waals surface area contributed by atoms with Crippen molar-refractivity contribution in [2.45, 2.75) is 13.8 Å². The second kappa shape index (κ2) is 5.06. The molecule has 0 spiro atoms. The molecule has 2 aromatic rings. The Bertz CT molecular complexity index is 533. The van der Waals surface area contributed by atoms with Crippen LogP contribution in [-0.2, 0) is 0 Å². The summed E-state index contributed by atoms with van der Waals surface area (Å²) in [5.74, 6) is 0.647. The predicted molar refractivity (Wildman–Crippen MR) is 75.9 cm³/mol. The number of hydrogen-bond donors (Lipinski definition) is 0. The van der Waals surface area contributed by atoms with E-state index in [-0.39, 0.29) is 5.82 Å². The van der Waals surface area contributed by atoms with Gasteiger partial charge in [-0.2, -0.15) is 0 Å². The van der Waals surface area contributed by atoms with Crippen molar-refractivity contribution in [1.82, 2.24) is 4.98 Å². The number of rotatable bonds is 2. The lowest BCUT2D eigenvalue weighted by Gasteiger charge is -2.19. The lowest BCUT2D eigenvalue weighted by Crippen LogP contribution is -2.12. The molecule has 0 atom stereocenters. The molecular weight excluding hydrogens is 295 g/mol. The lowest BCUT2D eigenvalue weighted by molar-refractivity contribution is 0.618. The highest BCUT2D eigenvalue weighted by atomic mass is 79.9. The molecule has 1 aromatic heterocycles. The molecule has 18 heavy (non-hydrogen) atoms. The monoisotopic (exact) mass is 308 g/mol. The van der Waals surface area contributed by atoms with E-state index in [9.17, 15) is 4.39 Å². The van der Waals surface area contributed by atoms with Crippen LogP contribution in [0.15, 0.2) is 34.8 Å². The standard InChI is InChI=1S/C14H14BrFN2/c1-9-8-11(4-6-13(9)16)18(3)14-7-5-12(15)10(2)17-14/h4-8H,1-3H3. The first-order valence-corrected chi connectivity index (χ1v) is 6.41. The van der Waals surface area contributed by atoms with E-state index in [0.29, 0.717) is 5.56 Å². The van der Waals surface area contributed by atoms with Crippen molar-refractivity contribution < 1.29 is 4.39 Å². The molecule has 1 heterocycles. The summed E-state index contributed by atoms with van der Waals surface area (Å²) in [6.07, 6.45) is 0. The molecule has 0 aliphatic carbocycles. The molecule has 0 amide bonds. The van der Waals surface area contributed by atoms with E-state index in [1.54, 1.807) is 13.0 Å². The van der Waals surface area contributed by atoms with Crippen molar-refractivity contribution in [1.29, 1.82) is 0 Å². The van der Waals surface area contributed by atoms with Gasteiger partial charge < -0.3 is 4.90 Å². The Kier molecular flexibility index (Phi) is 3.66. The first-order valence-electron chi connectivity index (χ1n) is 5.62. The van der Waals surface area contributed by atoms with Crippen LogP contribution in [0.25, 0.3) is 0 Å². The smallest absolute Gasteiger partial charge is 0.133 e. The molecule has 0 saturated heterocycles. The fourth-order valence-corrected chi connectivity index (χ4v) is 1.91. The van der Waals surface area contributed by atoms with Crippen LogP contribution in [-0.4, -0.2) is 12.0 Å². The third kappa shape index (κ3) is 2.53. The van der Waals surface area contributed by atoms with E-state index in [4.69, 9.17) is 0 Å². The number of hydrogen-bond acceptors (Lipinski definition) is 2. The van der Waals surface area contributed by atoms with Crippen LogP contribution in [0.4, 0.5) is 15.9 Å². The van der Waals surface area contributed by atoms with E-state index in [0.717, 1.165) is 21.7 Å². The Morgan fingerprint density at radius 2 is 1.89 bits per heavy atom. The molecule has 0 aliphatic rings. The molecule has 0 N–H and O–H groups in total. The van der Waals surface area contributed by atoms with Gasteiger partial charge in [-0.3, -0.25) is 0 Å². The van der Waals surface area contributed by atoms with Crippen LogP contribution in [0.1, 0.15) is 11.3 Å². The Morgan fingerprint density at radius 1 is 1.17 bits per heavy atom. The molecule has 0 bridgehead atoms. The third-order valence-electron chi connectivity index (χ3n) is 2.88. The average Bonchev–Trinajstić information content (AvgIpc) is 2.35. The van der Waals surface area contributed by atoms with Gasteiger partial charge in [0.05, 0.1) is 5.69 Å². The number of aryl methyl sites for hydroxylation is 2. The molecule has 4 heteroatoms. The number of halogens is 2. The van der Waals surface area contributed by atoms with Crippen LogP contribution >= 0.6 is 15.9 Å². The molecule has 1 aromatic carbocycles. The maximum absolute atomic E-state index is 13.2. The Balaban J connectivity index is 2.37. The maximum Gasteiger partial charge on any atom is 0.133 e. The van der Waals surface area contributed by atoms with Gasteiger partial charge in [-0.15, -0.1) is 0 Å². The van der Waals surface area contributed by atoms with Crippen LogP contribution in [0.3, 0.4) is 0 Å². The van der Waals surface area contributed by atoms with Gasteiger partial charge in [-0.25, -0.2) is 9.37 Å². The minimum Gasteiger partial charge on any atom is -0.329 e. The Morgan fingerprint density at radius 3 is 2.50 bits per heavy atom. The summed E-state index contributed by atoms with van der Waals surface area (Å²) >= 11 is 3.43. The molecule has 0 fully saturated rings. The summed E-state index contributed by atoms with van der Waals surface area (Å²) in [5, 5.41) is 0. The number of anilines is 2. The van der Waals surface area contributed by atoms with Gasteiger partial charge in [-0.05, 0) is 65.7 Å². The van der Waals surface area contributed by atoms with Gasteiger partial charge in [0.15, 0.2) is 0 Å². The van der Waals surface area contributed by atoms with Crippen molar-refractivity contribution >= 4 is 27.4 Å². The van der Waals surface area contributed by atoms with Crippen molar-refractivity contribution in [2.75, 3.05) is 11.9 Å². The quantitative estimate of drug-likeness (QED) is 0.819. The molecule has 2 rings (SSSR count). The average molecular weight is 309 g/mol. The van der Waals surface area contributed by atoms with E-state index in [1.165, 1.54) is 6.07 Å². The summed E-state index contributed by atoms with van der Waals surface area (Å²) < 4.78 is 14.2. The third-order valence-corrected chi connectivity index (χ3v) is 3.72. The van der Waals surface area contributed by atoms with Gasteiger partial charge >= 0.3 is 0 Å². The summed E-state index contributed by atoms with van der Waals surface area (Å²) in [6.45, 7) is 3.70. The summed E-state index contributed by atoms with van der Waals surface area (Å²) in [7, 11) is 1.92. The first kappa shape index (κ1) is 13.0. The minimum atomic E-state index is -0.188. The highest BCUT2D eigenvalue weighted by molar-refractivity contribution is 9.10. The summed E-state index contributed by atoms with van der Waals surface area (Å²) in [4.78, 5) is 6.42. The number of pyridine rings is 1. The summed E-state index contributed by atoms with van der Waals surface area (Å²) in [5.41, 5.74) is 2.48. The van der Waals surface area contributed by atoms with E-state index in [1.807, 2.05) is 37.1 Å². The van der Waals surface area contributed by atoms with Crippen LogP contribution in [0.5, 0.6) is 0 Å². The Hall–Kier alpha value is -1.42. The van der Waals surface area contributed by atoms with Crippen molar-refractivity contribution in [3.8, 4) is 0 Å². The molecule has 0 aliphatic heterocycles. The van der Waals surface area contributed by atoms with Crippen molar-refractivity contribution in [2.24, 2.45) is 0 Å². The SMILES string of the molecule is Cc1cc(N(C)c2ccc(Br)c(C)n2)ccc1F. The fraction of sp³-hybridized carbons (Fsp3) is 0.214. The molecule has 0 saturated carbocycles. The van der Waals surface area contributed by atoms with Gasteiger partial charge in [0.1, 0.15) is 11.6 Å². The van der Waals surface area contributed by atoms with Gasteiger partial charge in [0.2, 0.25) is 0 Å². The fourth-order valence-electron chi connectivity index (χ4n) is 1.69. The largest absolute Gasteiger partial charge is 0.329 e. The molecule has 94 valence electrons. The highest BCUT2D eigenvalue weighted by Gasteiger charge is 2.08. The predicted octanol–water partition coefficient (Wildman–Crippen LogP) is 4.37. The number of nitrogens with zero attached hydrogens (tertiary/aromatic N) is 2. The van der Waals surface area contributed by atoms with E-state index >= 15 is 0 Å². The van der Waals surface area contributed by atoms with Crippen LogP contribution in [0, 0.1) is 19.7 Å². The van der Waals surface area contributed by atoms with Crippen molar-refractivity contribution in [3.63, 3.8) is 0 Å². The van der Waals surface area contributed by atoms with Gasteiger partial charge in [0.25, 0.3) is 0 Å². The van der Waals surface area contributed by atoms with Gasteiger partial charge in [-0.1, -0.05) is 0 Å². The zero-order valence-electron chi connectivity index (χ0n) is 10.5. The first-order chi connectivity index (χ1) is 8.49. The second-order valence-electron chi connectivity index (χ2n) is 4.23. The number of benzene rings is 1. The topological polar surface area (TPSA) is 16.1 Å². The lowest BCUT2D eigenvalue weighted by atomic mass is 10.2. The number of aromatic nitrogens is 1. The molecule has 0 radical (unpaired) electrons. The zero-order valence-corrected chi connectivity index (χ0v) is 12.1. The zero-order chi connectivity index (χ0) is 13.3. The molecule has 2 nitrogen and oxygen atoms in total. The van der Waals surface area contributed by atoms with Crippen LogP contribution in [0.2, 0.25) is 0 Å². The highest BCUT2D eigenvalue weighted by Crippen LogP contribution is 2.25. The van der Waals surface area contributed by atoms with E-state index in [2.05, 4.69) is 20.9 Å².